The van der Waals surface area contributed by atoms with Crippen LogP contribution in [-0.4, -0.2) is 18.6 Å². The maximum Gasteiger partial charge on any atom is 0.191 e. The minimum atomic E-state index is -0.248. The fourth-order valence-corrected chi connectivity index (χ4v) is 3.08. The maximum atomic E-state index is 13.0. The maximum absolute atomic E-state index is 13.0. The van der Waals surface area contributed by atoms with Gasteiger partial charge in [0.15, 0.2) is 5.96 Å². The summed E-state index contributed by atoms with van der Waals surface area (Å²) in [5, 5.41) is 6.77. The van der Waals surface area contributed by atoms with Crippen LogP contribution in [-0.2, 0) is 6.54 Å². The summed E-state index contributed by atoms with van der Waals surface area (Å²) in [4.78, 5) is 4.31. The van der Waals surface area contributed by atoms with Crippen LogP contribution < -0.4 is 15.4 Å². The number of hydrogen-bond donors (Lipinski definition) is 2. The van der Waals surface area contributed by atoms with E-state index in [1.807, 2.05) is 18.2 Å². The first-order valence-electron chi connectivity index (χ1n) is 8.46. The van der Waals surface area contributed by atoms with Crippen LogP contribution in [0.4, 0.5) is 4.39 Å². The molecule has 2 N–H and O–H groups in total. The van der Waals surface area contributed by atoms with Crippen LogP contribution >= 0.6 is 24.0 Å². The predicted octanol–water partition coefficient (Wildman–Crippen LogP) is 4.41. The molecular weight excluding hydrogens is 444 g/mol. The number of para-hydroxylation sites is 1. The summed E-state index contributed by atoms with van der Waals surface area (Å²) in [7, 11) is 1.75. The lowest BCUT2D eigenvalue weighted by atomic mass is 9.90. The van der Waals surface area contributed by atoms with E-state index in [9.17, 15) is 4.39 Å². The van der Waals surface area contributed by atoms with Gasteiger partial charge in [-0.1, -0.05) is 30.3 Å². The van der Waals surface area contributed by atoms with Gasteiger partial charge >= 0.3 is 0 Å². The third kappa shape index (κ3) is 5.09. The van der Waals surface area contributed by atoms with Crippen LogP contribution in [0, 0.1) is 5.82 Å². The molecule has 2 aromatic carbocycles. The van der Waals surface area contributed by atoms with Crippen molar-refractivity contribution in [1.82, 2.24) is 10.6 Å². The first kappa shape index (κ1) is 20.5. The van der Waals surface area contributed by atoms with E-state index >= 15 is 0 Å². The van der Waals surface area contributed by atoms with Crippen molar-refractivity contribution in [2.75, 3.05) is 7.05 Å². The average Bonchev–Trinajstić information content (AvgIpc) is 2.59. The van der Waals surface area contributed by atoms with Gasteiger partial charge in [0.1, 0.15) is 17.2 Å². The SMILES string of the molecule is CN=C(NCc1ccc(F)cc1)NC1CC(C)(C)Oc2ccccc21.I. The molecule has 0 saturated heterocycles. The number of guanidine groups is 1. The van der Waals surface area contributed by atoms with E-state index in [-0.39, 0.29) is 41.4 Å². The summed E-state index contributed by atoms with van der Waals surface area (Å²) in [6, 6.07) is 14.6. The first-order chi connectivity index (χ1) is 12.0. The Labute approximate surface area is 171 Å². The molecule has 6 heteroatoms. The Kier molecular flexibility index (Phi) is 6.86. The summed E-state index contributed by atoms with van der Waals surface area (Å²) in [5.41, 5.74) is 1.88. The van der Waals surface area contributed by atoms with Gasteiger partial charge in [0.25, 0.3) is 0 Å². The lowest BCUT2D eigenvalue weighted by Gasteiger charge is -2.38. The van der Waals surface area contributed by atoms with Crippen molar-refractivity contribution < 1.29 is 9.13 Å². The highest BCUT2D eigenvalue weighted by Crippen LogP contribution is 2.39. The van der Waals surface area contributed by atoms with Crippen LogP contribution in [0.15, 0.2) is 53.5 Å². The number of fused-ring (bicyclic) bond motifs is 1. The van der Waals surface area contributed by atoms with Gasteiger partial charge in [0.2, 0.25) is 0 Å². The number of rotatable bonds is 3. The van der Waals surface area contributed by atoms with E-state index < -0.39 is 0 Å². The molecule has 1 aliphatic heterocycles. The molecule has 0 aliphatic carbocycles. The van der Waals surface area contributed by atoms with E-state index in [1.54, 1.807) is 19.2 Å². The Hall–Kier alpha value is -1.83. The highest BCUT2D eigenvalue weighted by Gasteiger charge is 2.33. The zero-order chi connectivity index (χ0) is 17.9. The van der Waals surface area contributed by atoms with Crippen molar-refractivity contribution in [3.63, 3.8) is 0 Å². The second kappa shape index (κ2) is 8.70. The van der Waals surface area contributed by atoms with E-state index in [1.165, 1.54) is 12.1 Å². The predicted molar refractivity (Wildman–Crippen MR) is 114 cm³/mol. The summed E-state index contributed by atoms with van der Waals surface area (Å²) in [6.45, 7) is 4.76. The van der Waals surface area contributed by atoms with Crippen LogP contribution in [0.5, 0.6) is 5.75 Å². The summed E-state index contributed by atoms with van der Waals surface area (Å²) in [5.74, 6) is 1.39. The van der Waals surface area contributed by atoms with E-state index in [2.05, 4.69) is 35.5 Å². The first-order valence-corrected chi connectivity index (χ1v) is 8.46. The molecule has 0 spiro atoms. The lowest BCUT2D eigenvalue weighted by Crippen LogP contribution is -2.45. The van der Waals surface area contributed by atoms with E-state index in [4.69, 9.17) is 4.74 Å². The van der Waals surface area contributed by atoms with Crippen LogP contribution in [0.25, 0.3) is 0 Å². The van der Waals surface area contributed by atoms with E-state index in [0.29, 0.717) is 12.5 Å². The molecule has 0 bridgehead atoms. The van der Waals surface area contributed by atoms with Crippen LogP contribution in [0.3, 0.4) is 0 Å². The fraction of sp³-hybridized carbons (Fsp3) is 0.350. The van der Waals surface area contributed by atoms with Crippen LogP contribution in [0.1, 0.15) is 37.4 Å². The second-order valence-electron chi connectivity index (χ2n) is 6.85. The van der Waals surface area contributed by atoms with Crippen molar-refractivity contribution in [3.05, 3.63) is 65.5 Å². The smallest absolute Gasteiger partial charge is 0.191 e. The zero-order valence-corrected chi connectivity index (χ0v) is 17.6. The molecule has 0 saturated carbocycles. The zero-order valence-electron chi connectivity index (χ0n) is 15.3. The molecule has 1 heterocycles. The quantitative estimate of drug-likeness (QED) is 0.398. The number of hydrogen-bond acceptors (Lipinski definition) is 2. The van der Waals surface area contributed by atoms with Gasteiger partial charge in [-0.15, -0.1) is 24.0 Å². The number of aliphatic imine (C=N–C) groups is 1. The Morgan fingerprint density at radius 1 is 1.19 bits per heavy atom. The van der Waals surface area contributed by atoms with Crippen molar-refractivity contribution in [2.45, 2.75) is 38.5 Å². The normalized spacial score (nSPS) is 18.2. The molecule has 3 rings (SSSR count). The highest BCUT2D eigenvalue weighted by molar-refractivity contribution is 14.0. The Balaban J connectivity index is 0.00000243. The second-order valence-corrected chi connectivity index (χ2v) is 6.85. The number of nitrogens with one attached hydrogen (secondary N) is 2. The average molecular weight is 469 g/mol. The molecule has 2 aromatic rings. The van der Waals surface area contributed by atoms with Crippen LogP contribution in [0.2, 0.25) is 0 Å². The third-order valence-electron chi connectivity index (χ3n) is 4.28. The topological polar surface area (TPSA) is 45.7 Å². The molecule has 1 atom stereocenters. The fourth-order valence-electron chi connectivity index (χ4n) is 3.08. The Morgan fingerprint density at radius 3 is 2.58 bits per heavy atom. The van der Waals surface area contributed by atoms with Crippen molar-refractivity contribution in [1.29, 1.82) is 0 Å². The number of halogens is 2. The molecule has 4 nitrogen and oxygen atoms in total. The number of nitrogens with zero attached hydrogens (tertiary/aromatic N) is 1. The van der Waals surface area contributed by atoms with Gasteiger partial charge in [-0.25, -0.2) is 4.39 Å². The molecule has 26 heavy (non-hydrogen) atoms. The number of benzene rings is 2. The van der Waals surface area contributed by atoms with Gasteiger partial charge in [-0.3, -0.25) is 4.99 Å². The Morgan fingerprint density at radius 2 is 1.88 bits per heavy atom. The van der Waals surface area contributed by atoms with Gasteiger partial charge in [0.05, 0.1) is 6.04 Å². The largest absolute Gasteiger partial charge is 0.487 e. The minimum Gasteiger partial charge on any atom is -0.487 e. The van der Waals surface area contributed by atoms with Gasteiger partial charge in [-0.05, 0) is 37.6 Å². The number of ether oxygens (including phenoxy) is 1. The highest BCUT2D eigenvalue weighted by atomic mass is 127. The van der Waals surface area contributed by atoms with Crippen molar-refractivity contribution >= 4 is 29.9 Å². The molecule has 0 fully saturated rings. The summed E-state index contributed by atoms with van der Waals surface area (Å²) < 4.78 is 19.1. The summed E-state index contributed by atoms with van der Waals surface area (Å²) >= 11 is 0. The van der Waals surface area contributed by atoms with Crippen molar-refractivity contribution in [2.24, 2.45) is 4.99 Å². The minimum absolute atomic E-state index is 0. The van der Waals surface area contributed by atoms with Gasteiger partial charge in [-0.2, -0.15) is 0 Å². The Bertz CT molecular complexity index is 762. The monoisotopic (exact) mass is 469 g/mol. The van der Waals surface area contributed by atoms with Crippen molar-refractivity contribution in [3.8, 4) is 5.75 Å². The molecule has 0 aromatic heterocycles. The van der Waals surface area contributed by atoms with Gasteiger partial charge < -0.3 is 15.4 Å². The molecular formula is C20H25FIN3O. The lowest BCUT2D eigenvalue weighted by molar-refractivity contribution is 0.0694. The summed E-state index contributed by atoms with van der Waals surface area (Å²) in [6.07, 6.45) is 0.835. The van der Waals surface area contributed by atoms with E-state index in [0.717, 1.165) is 23.3 Å². The molecule has 0 radical (unpaired) electrons. The third-order valence-corrected chi connectivity index (χ3v) is 4.28. The molecule has 1 aliphatic rings. The standard InChI is InChI=1S/C20H24FN3O.HI/c1-20(2)12-17(16-6-4-5-7-18(16)25-20)24-19(22-3)23-13-14-8-10-15(21)11-9-14;/h4-11,17H,12-13H2,1-3H3,(H2,22,23,24);1H. The molecule has 1 unspecified atom stereocenters. The van der Waals surface area contributed by atoms with Gasteiger partial charge in [0, 0.05) is 25.6 Å². The molecule has 0 amide bonds. The molecule has 140 valence electrons.